The van der Waals surface area contributed by atoms with E-state index in [4.69, 9.17) is 4.42 Å². The maximum absolute atomic E-state index is 12.0. The van der Waals surface area contributed by atoms with Crippen LogP contribution in [0.5, 0.6) is 0 Å². The van der Waals surface area contributed by atoms with Crippen molar-refractivity contribution in [2.24, 2.45) is 0 Å². The van der Waals surface area contributed by atoms with Crippen LogP contribution in [0.3, 0.4) is 0 Å². The molecule has 1 aromatic carbocycles. The lowest BCUT2D eigenvalue weighted by atomic mass is 10.2. The van der Waals surface area contributed by atoms with Gasteiger partial charge in [0.2, 0.25) is 0 Å². The second-order valence-electron chi connectivity index (χ2n) is 4.86. The molecule has 0 unspecified atom stereocenters. The zero-order valence-electron chi connectivity index (χ0n) is 12.7. The fourth-order valence-electron chi connectivity index (χ4n) is 1.73. The zero-order chi connectivity index (χ0) is 16.8. The first-order valence-electron chi connectivity index (χ1n) is 6.77. The Labute approximate surface area is 147 Å². The Morgan fingerprint density at radius 1 is 1.17 bits per heavy atom. The Balaban J connectivity index is 1.90. The molecule has 0 spiro atoms. The second-order valence-corrected chi connectivity index (χ2v) is 5.93. The summed E-state index contributed by atoms with van der Waals surface area (Å²) < 4.78 is 6.03. The minimum Gasteiger partial charge on any atom is -0.451 e. The summed E-state index contributed by atoms with van der Waals surface area (Å²) in [6.07, 6.45) is 2.81. The smallest absolute Gasteiger partial charge is 0.269 e. The average molecular weight is 425 g/mol. The number of furan rings is 1. The Morgan fingerprint density at radius 3 is 2.61 bits per heavy atom. The van der Waals surface area contributed by atoms with Crippen molar-refractivity contribution < 1.29 is 14.0 Å². The molecule has 0 aliphatic carbocycles. The van der Waals surface area contributed by atoms with Gasteiger partial charge in [0.25, 0.3) is 11.8 Å². The van der Waals surface area contributed by atoms with Crippen molar-refractivity contribution in [3.8, 4) is 0 Å². The minimum atomic E-state index is -0.450. The molecule has 0 saturated carbocycles. The van der Waals surface area contributed by atoms with Crippen LogP contribution in [-0.4, -0.2) is 25.9 Å². The van der Waals surface area contributed by atoms with Crippen LogP contribution in [0.2, 0.25) is 0 Å². The van der Waals surface area contributed by atoms with Crippen molar-refractivity contribution in [3.05, 3.63) is 57.6 Å². The number of carbonyl (C=O) groups is 2. The molecule has 0 aliphatic heterocycles. The Bertz CT molecular complexity index is 738. The van der Waals surface area contributed by atoms with Crippen LogP contribution in [-0.2, 0) is 4.79 Å². The second kappa shape index (κ2) is 7.82. The molecule has 1 aromatic heterocycles. The standard InChI is InChI=1S/C16H16IN3O3/c1-20(2)12-5-3-4-11(10-12)16(22)19-18-15(21)9-7-13-6-8-14(17)23-13/h3-10H,1-2H3,(H,18,21)(H,19,22)/b9-7+. The van der Waals surface area contributed by atoms with Gasteiger partial charge in [-0.1, -0.05) is 6.07 Å². The lowest BCUT2D eigenvalue weighted by molar-refractivity contribution is -0.117. The minimum absolute atomic E-state index is 0.386. The number of hydrogen-bond acceptors (Lipinski definition) is 4. The van der Waals surface area contributed by atoms with Crippen LogP contribution in [0.4, 0.5) is 5.69 Å². The van der Waals surface area contributed by atoms with Crippen LogP contribution < -0.4 is 15.8 Å². The van der Waals surface area contributed by atoms with Crippen LogP contribution in [0.15, 0.2) is 46.9 Å². The molecular weight excluding hydrogens is 409 g/mol. The molecule has 2 rings (SSSR count). The largest absolute Gasteiger partial charge is 0.451 e. The van der Waals surface area contributed by atoms with Crippen molar-refractivity contribution in [1.29, 1.82) is 0 Å². The highest BCUT2D eigenvalue weighted by Gasteiger charge is 2.07. The van der Waals surface area contributed by atoms with Crippen LogP contribution in [0, 0.1) is 3.77 Å². The molecule has 0 saturated heterocycles. The summed E-state index contributed by atoms with van der Waals surface area (Å²) in [5, 5.41) is 0. The van der Waals surface area contributed by atoms with Crippen molar-refractivity contribution >= 4 is 46.2 Å². The van der Waals surface area contributed by atoms with Crippen LogP contribution in [0.1, 0.15) is 16.1 Å². The highest BCUT2D eigenvalue weighted by atomic mass is 127. The van der Waals surface area contributed by atoms with E-state index in [0.29, 0.717) is 11.3 Å². The summed E-state index contributed by atoms with van der Waals surface area (Å²) in [5.74, 6) is -0.272. The normalized spacial score (nSPS) is 10.6. The summed E-state index contributed by atoms with van der Waals surface area (Å²) in [7, 11) is 3.78. The van der Waals surface area contributed by atoms with Gasteiger partial charge in [-0.3, -0.25) is 20.4 Å². The molecule has 0 bridgehead atoms. The number of amides is 2. The lowest BCUT2D eigenvalue weighted by Crippen LogP contribution is -2.40. The summed E-state index contributed by atoms with van der Waals surface area (Å²) in [6.45, 7) is 0. The molecule has 0 fully saturated rings. The molecule has 1 heterocycles. The van der Waals surface area contributed by atoms with Gasteiger partial charge >= 0.3 is 0 Å². The molecule has 2 amide bonds. The van der Waals surface area contributed by atoms with E-state index in [1.165, 1.54) is 12.2 Å². The molecule has 0 atom stereocenters. The topological polar surface area (TPSA) is 74.6 Å². The number of nitrogens with one attached hydrogen (secondary N) is 2. The monoisotopic (exact) mass is 425 g/mol. The molecule has 23 heavy (non-hydrogen) atoms. The van der Waals surface area contributed by atoms with E-state index in [1.54, 1.807) is 30.3 Å². The molecule has 6 nitrogen and oxygen atoms in total. The quantitative estimate of drug-likeness (QED) is 0.449. The lowest BCUT2D eigenvalue weighted by Gasteiger charge is -2.13. The highest BCUT2D eigenvalue weighted by Crippen LogP contribution is 2.13. The molecule has 0 aliphatic rings. The summed E-state index contributed by atoms with van der Waals surface area (Å²) in [6, 6.07) is 10.6. The number of rotatable bonds is 4. The summed E-state index contributed by atoms with van der Waals surface area (Å²) in [5.41, 5.74) is 6.05. The van der Waals surface area contributed by atoms with E-state index in [0.717, 1.165) is 9.45 Å². The third-order valence-electron chi connectivity index (χ3n) is 2.92. The van der Waals surface area contributed by atoms with E-state index in [9.17, 15) is 9.59 Å². The molecule has 120 valence electrons. The predicted molar refractivity (Wildman–Crippen MR) is 96.8 cm³/mol. The molecule has 2 aromatic rings. The third kappa shape index (κ3) is 5.13. The number of halogens is 1. The maximum Gasteiger partial charge on any atom is 0.269 e. The number of anilines is 1. The summed E-state index contributed by atoms with van der Waals surface area (Å²) >= 11 is 2.03. The summed E-state index contributed by atoms with van der Waals surface area (Å²) in [4.78, 5) is 25.6. The number of benzene rings is 1. The average Bonchev–Trinajstić information content (AvgIpc) is 2.96. The Kier molecular flexibility index (Phi) is 5.80. The molecule has 7 heteroatoms. The molecule has 0 radical (unpaired) electrons. The van der Waals surface area contributed by atoms with E-state index in [2.05, 4.69) is 10.9 Å². The van der Waals surface area contributed by atoms with E-state index < -0.39 is 5.91 Å². The first-order chi connectivity index (χ1) is 11.0. The maximum atomic E-state index is 12.0. The van der Waals surface area contributed by atoms with Gasteiger partial charge in [-0.25, -0.2) is 0 Å². The van der Waals surface area contributed by atoms with Gasteiger partial charge in [0.05, 0.1) is 0 Å². The van der Waals surface area contributed by atoms with Gasteiger partial charge in [-0.2, -0.15) is 0 Å². The Morgan fingerprint density at radius 2 is 1.96 bits per heavy atom. The zero-order valence-corrected chi connectivity index (χ0v) is 14.8. The number of hydrazine groups is 1. The number of hydrogen-bond donors (Lipinski definition) is 2. The molecular formula is C16H16IN3O3. The number of nitrogens with zero attached hydrogens (tertiary/aromatic N) is 1. The van der Waals surface area contributed by atoms with Crippen molar-refractivity contribution in [2.45, 2.75) is 0 Å². The first-order valence-corrected chi connectivity index (χ1v) is 7.84. The first kappa shape index (κ1) is 17.1. The fraction of sp³-hybridized carbons (Fsp3) is 0.125. The van der Waals surface area contributed by atoms with Crippen molar-refractivity contribution in [2.75, 3.05) is 19.0 Å². The highest BCUT2D eigenvalue weighted by molar-refractivity contribution is 14.1. The van der Waals surface area contributed by atoms with Crippen molar-refractivity contribution in [3.63, 3.8) is 0 Å². The van der Waals surface area contributed by atoms with Crippen molar-refractivity contribution in [1.82, 2.24) is 10.9 Å². The third-order valence-corrected chi connectivity index (χ3v) is 3.50. The SMILES string of the molecule is CN(C)c1cccc(C(=O)NNC(=O)/C=C/c2ccc(I)o2)c1. The van der Waals surface area contributed by atoms with E-state index in [1.807, 2.05) is 47.7 Å². The van der Waals surface area contributed by atoms with Gasteiger partial charge in [-0.05, 0) is 59.0 Å². The van der Waals surface area contributed by atoms with Gasteiger partial charge in [0.15, 0.2) is 3.77 Å². The van der Waals surface area contributed by atoms with Gasteiger partial charge in [0.1, 0.15) is 5.76 Å². The number of carbonyl (C=O) groups excluding carboxylic acids is 2. The van der Waals surface area contributed by atoms with Crippen LogP contribution in [0.25, 0.3) is 6.08 Å². The molecule has 2 N–H and O–H groups in total. The van der Waals surface area contributed by atoms with E-state index in [-0.39, 0.29) is 5.91 Å². The van der Waals surface area contributed by atoms with Gasteiger partial charge in [-0.15, -0.1) is 0 Å². The van der Waals surface area contributed by atoms with Gasteiger partial charge in [0, 0.05) is 31.4 Å². The van der Waals surface area contributed by atoms with Crippen LogP contribution >= 0.6 is 22.6 Å². The van der Waals surface area contributed by atoms with E-state index >= 15 is 0 Å². The fourth-order valence-corrected chi connectivity index (χ4v) is 2.17. The predicted octanol–water partition coefficient (Wildman–Crippen LogP) is 2.42. The van der Waals surface area contributed by atoms with Gasteiger partial charge < -0.3 is 9.32 Å². The Hall–Kier alpha value is -2.29.